The minimum absolute atomic E-state index is 0.189. The maximum absolute atomic E-state index is 11.7. The number of carbonyl (C=O) groups excluding carboxylic acids is 1. The quantitative estimate of drug-likeness (QED) is 0.665. The third-order valence-electron chi connectivity index (χ3n) is 3.43. The Hall–Kier alpha value is -0.730. The van der Waals surface area contributed by atoms with Crippen LogP contribution in [0.3, 0.4) is 0 Å². The summed E-state index contributed by atoms with van der Waals surface area (Å²) in [6.45, 7) is 0. The highest BCUT2D eigenvalue weighted by molar-refractivity contribution is 5.83. The molecule has 1 fully saturated rings. The standard InChI is InChI=1S/C13H24N2O/c14-15-12-10-8-6-4-2-1-3-5-7-9-11-13(12)16/h12,14H,1-11H2. The van der Waals surface area contributed by atoms with Gasteiger partial charge in [0, 0.05) is 6.42 Å². The normalized spacial score (nSPS) is 26.2. The fourth-order valence-corrected chi connectivity index (χ4v) is 2.34. The Bertz CT molecular complexity index is 216. The summed E-state index contributed by atoms with van der Waals surface area (Å²) in [6, 6.07) is -0.333. The molecule has 0 spiro atoms. The number of rotatable bonds is 1. The highest BCUT2D eigenvalue weighted by atomic mass is 16.1. The molecular formula is C13H24N2O. The van der Waals surface area contributed by atoms with Crippen LogP contribution in [0.2, 0.25) is 0 Å². The van der Waals surface area contributed by atoms with Crippen molar-refractivity contribution in [1.29, 1.82) is 5.53 Å². The molecule has 1 saturated carbocycles. The second kappa shape index (κ2) is 8.43. The zero-order valence-corrected chi connectivity index (χ0v) is 10.2. The van der Waals surface area contributed by atoms with Crippen molar-refractivity contribution in [2.24, 2.45) is 5.11 Å². The molecule has 1 atom stereocenters. The van der Waals surface area contributed by atoms with E-state index < -0.39 is 0 Å². The Morgan fingerprint density at radius 3 is 1.94 bits per heavy atom. The van der Waals surface area contributed by atoms with Crippen LogP contribution in [0.4, 0.5) is 0 Å². The lowest BCUT2D eigenvalue weighted by Crippen LogP contribution is -2.17. The third-order valence-corrected chi connectivity index (χ3v) is 3.43. The molecule has 0 bridgehead atoms. The van der Waals surface area contributed by atoms with Crippen molar-refractivity contribution in [3.05, 3.63) is 0 Å². The van der Waals surface area contributed by atoms with E-state index >= 15 is 0 Å². The lowest BCUT2D eigenvalue weighted by Gasteiger charge is -2.08. The summed E-state index contributed by atoms with van der Waals surface area (Å²) in [7, 11) is 0. The lowest BCUT2D eigenvalue weighted by molar-refractivity contribution is -0.120. The van der Waals surface area contributed by atoms with Gasteiger partial charge in [-0.1, -0.05) is 51.4 Å². The molecular weight excluding hydrogens is 200 g/mol. The predicted octanol–water partition coefficient (Wildman–Crippen LogP) is 4.26. The molecule has 0 heterocycles. The molecule has 0 aromatic carbocycles. The largest absolute Gasteiger partial charge is 0.297 e. The molecule has 92 valence electrons. The van der Waals surface area contributed by atoms with E-state index in [-0.39, 0.29) is 11.8 Å². The number of nitrogens with zero attached hydrogens (tertiary/aromatic N) is 1. The molecule has 1 unspecified atom stereocenters. The topological polar surface area (TPSA) is 53.3 Å². The molecule has 0 saturated heterocycles. The van der Waals surface area contributed by atoms with E-state index in [1.165, 1.54) is 38.5 Å². The molecule has 3 nitrogen and oxygen atoms in total. The van der Waals surface area contributed by atoms with Gasteiger partial charge < -0.3 is 0 Å². The van der Waals surface area contributed by atoms with Gasteiger partial charge in [0.2, 0.25) is 0 Å². The summed E-state index contributed by atoms with van der Waals surface area (Å²) in [5.74, 6) is 0.189. The first kappa shape index (κ1) is 13.3. The Balaban J connectivity index is 2.36. The second-order valence-corrected chi connectivity index (χ2v) is 4.83. The molecule has 1 N–H and O–H groups in total. The summed E-state index contributed by atoms with van der Waals surface area (Å²) in [5.41, 5.74) is 7.07. The summed E-state index contributed by atoms with van der Waals surface area (Å²) in [6.07, 6.45) is 12.4. The van der Waals surface area contributed by atoms with Crippen LogP contribution >= 0.6 is 0 Å². The summed E-state index contributed by atoms with van der Waals surface area (Å²) < 4.78 is 0. The van der Waals surface area contributed by atoms with Crippen LogP contribution in [-0.2, 0) is 4.79 Å². The van der Waals surface area contributed by atoms with Gasteiger partial charge in [0.15, 0.2) is 5.78 Å². The van der Waals surface area contributed by atoms with Crippen LogP contribution in [0.15, 0.2) is 5.11 Å². The van der Waals surface area contributed by atoms with Crippen LogP contribution in [0, 0.1) is 5.53 Å². The van der Waals surface area contributed by atoms with E-state index in [4.69, 9.17) is 5.53 Å². The van der Waals surface area contributed by atoms with Crippen molar-refractivity contribution < 1.29 is 4.79 Å². The Labute approximate surface area is 98.5 Å². The van der Waals surface area contributed by atoms with Crippen LogP contribution < -0.4 is 0 Å². The highest BCUT2D eigenvalue weighted by Crippen LogP contribution is 2.16. The Morgan fingerprint density at radius 2 is 1.38 bits per heavy atom. The molecule has 0 amide bonds. The highest BCUT2D eigenvalue weighted by Gasteiger charge is 2.16. The van der Waals surface area contributed by atoms with Gasteiger partial charge in [-0.2, -0.15) is 5.11 Å². The van der Waals surface area contributed by atoms with E-state index in [0.29, 0.717) is 6.42 Å². The first-order valence-corrected chi connectivity index (χ1v) is 6.74. The Morgan fingerprint density at radius 1 is 0.875 bits per heavy atom. The Kier molecular flexibility index (Phi) is 7.02. The van der Waals surface area contributed by atoms with Gasteiger partial charge in [0.05, 0.1) is 0 Å². The molecule has 0 aromatic rings. The number of ketones is 1. The maximum atomic E-state index is 11.7. The molecule has 3 heteroatoms. The van der Waals surface area contributed by atoms with Crippen LogP contribution in [0.25, 0.3) is 0 Å². The van der Waals surface area contributed by atoms with Crippen molar-refractivity contribution in [3.63, 3.8) is 0 Å². The summed E-state index contributed by atoms with van der Waals surface area (Å²) in [4.78, 5) is 11.7. The van der Waals surface area contributed by atoms with E-state index in [2.05, 4.69) is 5.11 Å². The summed E-state index contributed by atoms with van der Waals surface area (Å²) in [5, 5.41) is 3.48. The van der Waals surface area contributed by atoms with Gasteiger partial charge in [0.25, 0.3) is 0 Å². The van der Waals surface area contributed by atoms with E-state index in [9.17, 15) is 4.79 Å². The maximum Gasteiger partial charge on any atom is 0.159 e. The number of nitrogens with one attached hydrogen (secondary N) is 1. The van der Waals surface area contributed by atoms with Gasteiger partial charge in [-0.15, -0.1) is 0 Å². The van der Waals surface area contributed by atoms with Crippen LogP contribution in [0.1, 0.15) is 70.6 Å². The van der Waals surface area contributed by atoms with Gasteiger partial charge in [-0.3, -0.25) is 4.79 Å². The monoisotopic (exact) mass is 224 g/mol. The number of hydrogen-bond donors (Lipinski definition) is 1. The van der Waals surface area contributed by atoms with Gasteiger partial charge in [-0.05, 0) is 12.8 Å². The fraction of sp³-hybridized carbons (Fsp3) is 0.923. The average Bonchev–Trinajstić information content (AvgIpc) is 2.31. The zero-order chi connectivity index (χ0) is 11.6. The van der Waals surface area contributed by atoms with Gasteiger partial charge >= 0.3 is 0 Å². The van der Waals surface area contributed by atoms with E-state index in [1.54, 1.807) is 0 Å². The minimum Gasteiger partial charge on any atom is -0.297 e. The third kappa shape index (κ3) is 5.38. The molecule has 1 aliphatic carbocycles. The van der Waals surface area contributed by atoms with Crippen LogP contribution in [0.5, 0.6) is 0 Å². The number of carbonyl (C=O) groups is 1. The smallest absolute Gasteiger partial charge is 0.159 e. The van der Waals surface area contributed by atoms with Crippen LogP contribution in [-0.4, -0.2) is 11.8 Å². The molecule has 1 rings (SSSR count). The lowest BCUT2D eigenvalue weighted by atomic mass is 10.0. The average molecular weight is 224 g/mol. The van der Waals surface area contributed by atoms with Crippen molar-refractivity contribution in [3.8, 4) is 0 Å². The van der Waals surface area contributed by atoms with Crippen molar-refractivity contribution >= 4 is 5.78 Å². The second-order valence-electron chi connectivity index (χ2n) is 4.83. The fourth-order valence-electron chi connectivity index (χ4n) is 2.34. The molecule has 0 aliphatic heterocycles. The zero-order valence-electron chi connectivity index (χ0n) is 10.2. The number of hydrogen-bond acceptors (Lipinski definition) is 3. The van der Waals surface area contributed by atoms with Crippen molar-refractivity contribution in [2.75, 3.05) is 0 Å². The minimum atomic E-state index is -0.333. The first-order valence-electron chi connectivity index (χ1n) is 6.74. The molecule has 16 heavy (non-hydrogen) atoms. The summed E-state index contributed by atoms with van der Waals surface area (Å²) >= 11 is 0. The molecule has 1 aliphatic rings. The van der Waals surface area contributed by atoms with Crippen molar-refractivity contribution in [2.45, 2.75) is 76.7 Å². The first-order chi connectivity index (χ1) is 7.84. The number of Topliss-reactive ketones (excluding diaryl/α,β-unsaturated/α-hetero) is 1. The predicted molar refractivity (Wildman–Crippen MR) is 64.7 cm³/mol. The van der Waals surface area contributed by atoms with Crippen molar-refractivity contribution in [1.82, 2.24) is 0 Å². The molecule has 0 radical (unpaired) electrons. The van der Waals surface area contributed by atoms with Gasteiger partial charge in [-0.25, -0.2) is 5.53 Å². The van der Waals surface area contributed by atoms with E-state index in [1.807, 2.05) is 0 Å². The van der Waals surface area contributed by atoms with Gasteiger partial charge in [0.1, 0.15) is 6.04 Å². The van der Waals surface area contributed by atoms with E-state index in [0.717, 1.165) is 25.7 Å². The SMILES string of the molecule is N=NC1CCCCCCCCCCCC1=O. The molecule has 0 aromatic heterocycles.